The molecule has 23 heavy (non-hydrogen) atoms. The van der Waals surface area contributed by atoms with Gasteiger partial charge in [0.2, 0.25) is 0 Å². The van der Waals surface area contributed by atoms with Crippen molar-refractivity contribution in [2.45, 2.75) is 38.9 Å². The third-order valence-electron chi connectivity index (χ3n) is 5.15. The molecular formula is C19H20BNO2. The van der Waals surface area contributed by atoms with Gasteiger partial charge in [-0.25, -0.2) is 0 Å². The van der Waals surface area contributed by atoms with Crippen molar-refractivity contribution in [1.29, 1.82) is 0 Å². The molecule has 0 unspecified atom stereocenters. The van der Waals surface area contributed by atoms with E-state index in [0.717, 1.165) is 27.1 Å². The summed E-state index contributed by atoms with van der Waals surface area (Å²) in [5.41, 5.74) is 1.34. The van der Waals surface area contributed by atoms with E-state index < -0.39 is 0 Å². The van der Waals surface area contributed by atoms with Crippen LogP contribution in [0.3, 0.4) is 0 Å². The molecular weight excluding hydrogens is 285 g/mol. The summed E-state index contributed by atoms with van der Waals surface area (Å²) in [5.74, 6) is 0. The first-order valence-corrected chi connectivity index (χ1v) is 8.01. The Balaban J connectivity index is 1.97. The normalized spacial score (nSPS) is 19.6. The lowest BCUT2D eigenvalue weighted by Crippen LogP contribution is -2.41. The first-order valence-electron chi connectivity index (χ1n) is 8.01. The number of aromatic nitrogens is 1. The molecule has 1 aromatic heterocycles. The standard InChI is InChI=1S/C19H20BNO2/c1-18(2)19(3,4)23-20(22-18)16-12-13-8-5-6-9-14(13)17-15(16)10-7-11-21-17/h5-12H,1-4H3. The zero-order valence-corrected chi connectivity index (χ0v) is 14.0. The van der Waals surface area contributed by atoms with E-state index in [1.165, 1.54) is 0 Å². The van der Waals surface area contributed by atoms with Crippen LogP contribution in [0.1, 0.15) is 27.7 Å². The van der Waals surface area contributed by atoms with Crippen LogP contribution in [0.2, 0.25) is 0 Å². The fourth-order valence-electron chi connectivity index (χ4n) is 3.10. The van der Waals surface area contributed by atoms with Crippen LogP contribution in [0, 0.1) is 0 Å². The lowest BCUT2D eigenvalue weighted by atomic mass is 9.75. The topological polar surface area (TPSA) is 31.4 Å². The molecule has 1 aliphatic rings. The van der Waals surface area contributed by atoms with Crippen LogP contribution >= 0.6 is 0 Å². The summed E-state index contributed by atoms with van der Waals surface area (Å²) in [4.78, 5) is 4.60. The summed E-state index contributed by atoms with van der Waals surface area (Å²) in [6.45, 7) is 8.31. The van der Waals surface area contributed by atoms with E-state index in [4.69, 9.17) is 9.31 Å². The van der Waals surface area contributed by atoms with Crippen LogP contribution in [0.25, 0.3) is 21.7 Å². The molecule has 0 spiro atoms. The summed E-state index contributed by atoms with van der Waals surface area (Å²) >= 11 is 0. The summed E-state index contributed by atoms with van der Waals surface area (Å²) < 4.78 is 12.5. The molecule has 0 radical (unpaired) electrons. The maximum absolute atomic E-state index is 6.26. The first kappa shape index (κ1) is 14.7. The van der Waals surface area contributed by atoms with Crippen molar-refractivity contribution in [3.63, 3.8) is 0 Å². The van der Waals surface area contributed by atoms with Gasteiger partial charge in [-0.3, -0.25) is 4.98 Å². The van der Waals surface area contributed by atoms with Gasteiger partial charge in [-0.05, 0) is 44.6 Å². The van der Waals surface area contributed by atoms with E-state index in [9.17, 15) is 0 Å². The minimum Gasteiger partial charge on any atom is -0.399 e. The molecule has 4 heteroatoms. The van der Waals surface area contributed by atoms with Crippen molar-refractivity contribution in [3.05, 3.63) is 48.7 Å². The third-order valence-corrected chi connectivity index (χ3v) is 5.15. The first-order chi connectivity index (χ1) is 10.9. The second kappa shape index (κ2) is 4.79. The summed E-state index contributed by atoms with van der Waals surface area (Å²) in [5, 5.41) is 3.40. The van der Waals surface area contributed by atoms with Gasteiger partial charge in [-0.1, -0.05) is 36.4 Å². The Hall–Kier alpha value is -1.91. The average molecular weight is 305 g/mol. The number of pyridine rings is 1. The Labute approximate surface area is 136 Å². The molecule has 0 aliphatic carbocycles. The number of nitrogens with zero attached hydrogens (tertiary/aromatic N) is 1. The fourth-order valence-corrected chi connectivity index (χ4v) is 3.10. The maximum atomic E-state index is 6.26. The van der Waals surface area contributed by atoms with Crippen molar-refractivity contribution < 1.29 is 9.31 Å². The van der Waals surface area contributed by atoms with Gasteiger partial charge in [0.1, 0.15) is 0 Å². The van der Waals surface area contributed by atoms with E-state index in [1.54, 1.807) is 0 Å². The van der Waals surface area contributed by atoms with E-state index in [2.05, 4.69) is 56.9 Å². The van der Waals surface area contributed by atoms with E-state index in [-0.39, 0.29) is 18.3 Å². The van der Waals surface area contributed by atoms with Crippen LogP contribution in [-0.2, 0) is 9.31 Å². The summed E-state index contributed by atoms with van der Waals surface area (Å²) in [6.07, 6.45) is 1.84. The van der Waals surface area contributed by atoms with Crippen molar-refractivity contribution >= 4 is 34.3 Å². The maximum Gasteiger partial charge on any atom is 0.495 e. The minimum atomic E-state index is -0.378. The Kier molecular flexibility index (Phi) is 3.06. The molecule has 0 amide bonds. The minimum absolute atomic E-state index is 0.349. The van der Waals surface area contributed by atoms with E-state index in [1.807, 2.05) is 24.4 Å². The highest BCUT2D eigenvalue weighted by atomic mass is 16.7. The van der Waals surface area contributed by atoms with Gasteiger partial charge in [-0.2, -0.15) is 0 Å². The predicted octanol–water partition coefficient (Wildman–Crippen LogP) is 3.69. The molecule has 0 N–H and O–H groups in total. The Morgan fingerprint density at radius 2 is 1.52 bits per heavy atom. The monoisotopic (exact) mass is 305 g/mol. The van der Waals surface area contributed by atoms with Gasteiger partial charge < -0.3 is 9.31 Å². The van der Waals surface area contributed by atoms with Crippen LogP contribution in [-0.4, -0.2) is 23.3 Å². The van der Waals surface area contributed by atoms with Crippen molar-refractivity contribution in [1.82, 2.24) is 4.98 Å². The van der Waals surface area contributed by atoms with Gasteiger partial charge in [0.15, 0.2) is 0 Å². The number of fused-ring (bicyclic) bond motifs is 3. The molecule has 1 aliphatic heterocycles. The van der Waals surface area contributed by atoms with Crippen LogP contribution in [0.5, 0.6) is 0 Å². The molecule has 0 atom stereocenters. The highest BCUT2D eigenvalue weighted by Gasteiger charge is 2.52. The van der Waals surface area contributed by atoms with Crippen molar-refractivity contribution in [3.8, 4) is 0 Å². The fraction of sp³-hybridized carbons (Fsp3) is 0.316. The number of hydrogen-bond acceptors (Lipinski definition) is 3. The van der Waals surface area contributed by atoms with Crippen LogP contribution < -0.4 is 5.46 Å². The highest BCUT2D eigenvalue weighted by molar-refractivity contribution is 6.65. The van der Waals surface area contributed by atoms with Crippen LogP contribution in [0.15, 0.2) is 48.7 Å². The molecule has 116 valence electrons. The van der Waals surface area contributed by atoms with Crippen molar-refractivity contribution in [2.75, 3.05) is 0 Å². The lowest BCUT2D eigenvalue weighted by molar-refractivity contribution is 0.00578. The zero-order chi connectivity index (χ0) is 16.2. The molecule has 1 fully saturated rings. The van der Waals surface area contributed by atoms with E-state index in [0.29, 0.717) is 0 Å². The number of rotatable bonds is 1. The smallest absolute Gasteiger partial charge is 0.399 e. The molecule has 0 bridgehead atoms. The summed E-state index contributed by atoms with van der Waals surface area (Å²) in [7, 11) is -0.378. The zero-order valence-electron chi connectivity index (χ0n) is 14.0. The van der Waals surface area contributed by atoms with Gasteiger partial charge in [-0.15, -0.1) is 0 Å². The quantitative estimate of drug-likeness (QED) is 0.507. The second-order valence-electron chi connectivity index (χ2n) is 7.17. The molecule has 2 aromatic carbocycles. The number of hydrogen-bond donors (Lipinski definition) is 0. The Bertz CT molecular complexity index is 888. The molecule has 3 nitrogen and oxygen atoms in total. The predicted molar refractivity (Wildman–Crippen MR) is 95.0 cm³/mol. The summed E-state index contributed by atoms with van der Waals surface area (Å²) in [6, 6.07) is 14.5. The van der Waals surface area contributed by atoms with Gasteiger partial charge in [0.25, 0.3) is 0 Å². The highest BCUT2D eigenvalue weighted by Crippen LogP contribution is 2.37. The van der Waals surface area contributed by atoms with Crippen LogP contribution in [0.4, 0.5) is 0 Å². The second-order valence-corrected chi connectivity index (χ2v) is 7.17. The van der Waals surface area contributed by atoms with E-state index >= 15 is 0 Å². The molecule has 2 heterocycles. The Morgan fingerprint density at radius 1 is 0.870 bits per heavy atom. The molecule has 0 saturated carbocycles. The largest absolute Gasteiger partial charge is 0.495 e. The molecule has 3 aromatic rings. The van der Waals surface area contributed by atoms with Crippen molar-refractivity contribution in [2.24, 2.45) is 0 Å². The van der Waals surface area contributed by atoms with Gasteiger partial charge >= 0.3 is 7.12 Å². The molecule has 1 saturated heterocycles. The van der Waals surface area contributed by atoms with Gasteiger partial charge in [0.05, 0.1) is 16.7 Å². The lowest BCUT2D eigenvalue weighted by Gasteiger charge is -2.32. The third kappa shape index (κ3) is 2.17. The average Bonchev–Trinajstić information content (AvgIpc) is 2.74. The Morgan fingerprint density at radius 3 is 2.26 bits per heavy atom. The number of benzene rings is 2. The SMILES string of the molecule is CC1(C)OB(c2cc3ccccc3c3ncccc23)OC1(C)C. The molecule has 4 rings (SSSR count). The van der Waals surface area contributed by atoms with Gasteiger partial charge in [0, 0.05) is 17.0 Å².